The van der Waals surface area contributed by atoms with E-state index in [1.165, 1.54) is 0 Å². The first kappa shape index (κ1) is 25.0. The van der Waals surface area contributed by atoms with Crippen LogP contribution in [0.5, 0.6) is 5.75 Å². The van der Waals surface area contributed by atoms with E-state index < -0.39 is 23.8 Å². The molecule has 0 spiro atoms. The molecule has 0 heterocycles. The van der Waals surface area contributed by atoms with Gasteiger partial charge in [-0.05, 0) is 55.6 Å². The molecular formula is C24H38O5. The number of benzene rings is 1. The van der Waals surface area contributed by atoms with Gasteiger partial charge in [0.1, 0.15) is 5.75 Å². The fourth-order valence-electron chi connectivity index (χ4n) is 3.49. The summed E-state index contributed by atoms with van der Waals surface area (Å²) in [5.74, 6) is -2.08. The smallest absolute Gasteiger partial charge is 0.311 e. The molecule has 0 fully saturated rings. The van der Waals surface area contributed by atoms with Crippen molar-refractivity contribution in [3.8, 4) is 5.75 Å². The van der Waals surface area contributed by atoms with Crippen molar-refractivity contribution in [2.24, 2.45) is 11.8 Å². The van der Waals surface area contributed by atoms with Crippen molar-refractivity contribution in [1.29, 1.82) is 0 Å². The van der Waals surface area contributed by atoms with Crippen LogP contribution in [0.4, 0.5) is 0 Å². The SMILES string of the molecule is CCCCOc1cccc(C(CCC(C)C)C(=O)O)c1C(CCC(C)C)C(=O)O. The monoisotopic (exact) mass is 406 g/mol. The molecule has 1 aromatic carbocycles. The summed E-state index contributed by atoms with van der Waals surface area (Å²) in [7, 11) is 0. The first-order valence-corrected chi connectivity index (χ1v) is 10.9. The van der Waals surface area contributed by atoms with Gasteiger partial charge in [-0.1, -0.05) is 53.2 Å². The predicted octanol–water partition coefficient (Wildman–Crippen LogP) is 6.07. The number of carboxylic acids is 2. The Morgan fingerprint density at radius 3 is 1.93 bits per heavy atom. The number of ether oxygens (including phenoxy) is 1. The van der Waals surface area contributed by atoms with Gasteiger partial charge in [-0.2, -0.15) is 0 Å². The summed E-state index contributed by atoms with van der Waals surface area (Å²) in [4.78, 5) is 24.3. The Labute approximate surface area is 175 Å². The average Bonchev–Trinajstić information content (AvgIpc) is 2.62. The summed E-state index contributed by atoms with van der Waals surface area (Å²) in [6.45, 7) is 10.8. The third kappa shape index (κ3) is 8.08. The van der Waals surface area contributed by atoms with Crippen LogP contribution in [0.15, 0.2) is 18.2 Å². The number of unbranched alkanes of at least 4 members (excludes halogenated alkanes) is 1. The molecule has 164 valence electrons. The lowest BCUT2D eigenvalue weighted by molar-refractivity contribution is -0.140. The van der Waals surface area contributed by atoms with Gasteiger partial charge in [0.15, 0.2) is 0 Å². The third-order valence-corrected chi connectivity index (χ3v) is 5.24. The van der Waals surface area contributed by atoms with Crippen LogP contribution in [-0.4, -0.2) is 28.8 Å². The van der Waals surface area contributed by atoms with Crippen LogP contribution in [0.3, 0.4) is 0 Å². The fraction of sp³-hybridized carbons (Fsp3) is 0.667. The predicted molar refractivity (Wildman–Crippen MR) is 116 cm³/mol. The number of hydrogen-bond acceptors (Lipinski definition) is 3. The minimum atomic E-state index is -0.925. The van der Waals surface area contributed by atoms with Gasteiger partial charge in [-0.3, -0.25) is 9.59 Å². The second kappa shape index (κ2) is 12.5. The van der Waals surface area contributed by atoms with Gasteiger partial charge in [0.25, 0.3) is 0 Å². The normalized spacial score (nSPS) is 13.5. The number of carbonyl (C=O) groups is 2. The van der Waals surface area contributed by atoms with Crippen molar-refractivity contribution < 1.29 is 24.5 Å². The van der Waals surface area contributed by atoms with Crippen molar-refractivity contribution >= 4 is 11.9 Å². The minimum Gasteiger partial charge on any atom is -0.493 e. The van der Waals surface area contributed by atoms with E-state index in [4.69, 9.17) is 4.74 Å². The lowest BCUT2D eigenvalue weighted by Gasteiger charge is -2.25. The highest BCUT2D eigenvalue weighted by Gasteiger charge is 2.32. The van der Waals surface area contributed by atoms with Gasteiger partial charge < -0.3 is 14.9 Å². The second-order valence-electron chi connectivity index (χ2n) is 8.69. The zero-order valence-corrected chi connectivity index (χ0v) is 18.6. The highest BCUT2D eigenvalue weighted by molar-refractivity contribution is 5.82. The number of aliphatic carboxylic acids is 2. The van der Waals surface area contributed by atoms with Crippen molar-refractivity contribution in [2.75, 3.05) is 6.61 Å². The van der Waals surface area contributed by atoms with Gasteiger partial charge in [-0.25, -0.2) is 0 Å². The molecule has 5 nitrogen and oxygen atoms in total. The molecule has 0 saturated heterocycles. The van der Waals surface area contributed by atoms with E-state index in [1.807, 2.05) is 0 Å². The van der Waals surface area contributed by atoms with Crippen molar-refractivity contribution in [3.63, 3.8) is 0 Å². The molecule has 0 aliphatic rings. The van der Waals surface area contributed by atoms with Crippen LogP contribution >= 0.6 is 0 Å². The molecule has 0 amide bonds. The topological polar surface area (TPSA) is 83.8 Å². The van der Waals surface area contributed by atoms with E-state index in [-0.39, 0.29) is 0 Å². The largest absolute Gasteiger partial charge is 0.493 e. The summed E-state index contributed by atoms with van der Waals surface area (Å²) in [5.41, 5.74) is 1.14. The van der Waals surface area contributed by atoms with Gasteiger partial charge in [0.2, 0.25) is 0 Å². The van der Waals surface area contributed by atoms with E-state index in [9.17, 15) is 19.8 Å². The summed E-state index contributed by atoms with van der Waals surface area (Å²) in [6.07, 6.45) is 4.30. The molecule has 2 atom stereocenters. The number of rotatable bonds is 14. The third-order valence-electron chi connectivity index (χ3n) is 5.24. The Morgan fingerprint density at radius 2 is 1.45 bits per heavy atom. The van der Waals surface area contributed by atoms with Crippen molar-refractivity contribution in [3.05, 3.63) is 29.3 Å². The molecule has 1 rings (SSSR count). The Balaban J connectivity index is 3.46. The van der Waals surface area contributed by atoms with Crippen LogP contribution in [0.2, 0.25) is 0 Å². The molecule has 5 heteroatoms. The molecule has 0 aliphatic carbocycles. The van der Waals surface area contributed by atoms with Crippen molar-refractivity contribution in [2.45, 2.75) is 85.0 Å². The van der Waals surface area contributed by atoms with Gasteiger partial charge in [0.05, 0.1) is 18.4 Å². The zero-order chi connectivity index (χ0) is 22.0. The number of hydrogen-bond donors (Lipinski definition) is 2. The quantitative estimate of drug-likeness (QED) is 0.366. The van der Waals surface area contributed by atoms with Crippen LogP contribution in [0, 0.1) is 11.8 Å². The Bertz CT molecular complexity index is 651. The lowest BCUT2D eigenvalue weighted by Crippen LogP contribution is -2.21. The Kier molecular flexibility index (Phi) is 10.8. The molecule has 0 aromatic heterocycles. The first-order valence-electron chi connectivity index (χ1n) is 10.9. The Hall–Kier alpha value is -2.04. The molecule has 0 radical (unpaired) electrons. The molecule has 2 N–H and O–H groups in total. The lowest BCUT2D eigenvalue weighted by atomic mass is 9.81. The molecule has 1 aromatic rings. The van der Waals surface area contributed by atoms with E-state index >= 15 is 0 Å². The van der Waals surface area contributed by atoms with Crippen LogP contribution in [-0.2, 0) is 9.59 Å². The first-order chi connectivity index (χ1) is 13.7. The summed E-state index contributed by atoms with van der Waals surface area (Å²) < 4.78 is 5.96. The van der Waals surface area contributed by atoms with Gasteiger partial charge in [-0.15, -0.1) is 0 Å². The minimum absolute atomic E-state index is 0.365. The van der Waals surface area contributed by atoms with Crippen molar-refractivity contribution in [1.82, 2.24) is 0 Å². The molecule has 0 aliphatic heterocycles. The summed E-state index contributed by atoms with van der Waals surface area (Å²) in [6, 6.07) is 5.33. The highest BCUT2D eigenvalue weighted by Crippen LogP contribution is 2.39. The van der Waals surface area contributed by atoms with Crippen LogP contribution in [0.25, 0.3) is 0 Å². The van der Waals surface area contributed by atoms with Crippen LogP contribution < -0.4 is 4.74 Å². The number of carboxylic acid groups (broad SMARTS) is 2. The summed E-state index contributed by atoms with van der Waals surface area (Å²) in [5, 5.41) is 19.9. The van der Waals surface area contributed by atoms with E-state index in [1.54, 1.807) is 18.2 Å². The molecule has 2 unspecified atom stereocenters. The standard InChI is InChI=1S/C24H38O5/c1-6-7-15-29-21-10-8-9-18(19(23(25)26)13-11-16(2)3)22(21)20(24(27)28)14-12-17(4)5/h8-10,16-17,19-20H,6-7,11-15H2,1-5H3,(H,25,26)(H,27,28). The maximum absolute atomic E-state index is 12.2. The maximum Gasteiger partial charge on any atom is 0.311 e. The van der Waals surface area contributed by atoms with Gasteiger partial charge in [0, 0.05) is 5.56 Å². The maximum atomic E-state index is 12.2. The second-order valence-corrected chi connectivity index (χ2v) is 8.69. The molecule has 29 heavy (non-hydrogen) atoms. The Morgan fingerprint density at radius 1 is 0.897 bits per heavy atom. The molecular weight excluding hydrogens is 368 g/mol. The zero-order valence-electron chi connectivity index (χ0n) is 18.6. The van der Waals surface area contributed by atoms with E-state index in [2.05, 4.69) is 34.6 Å². The summed E-state index contributed by atoms with van der Waals surface area (Å²) >= 11 is 0. The van der Waals surface area contributed by atoms with E-state index in [0.717, 1.165) is 25.7 Å². The van der Waals surface area contributed by atoms with Gasteiger partial charge >= 0.3 is 11.9 Å². The molecule has 0 saturated carbocycles. The van der Waals surface area contributed by atoms with E-state index in [0.29, 0.717) is 48.2 Å². The van der Waals surface area contributed by atoms with Crippen LogP contribution in [0.1, 0.15) is 96.1 Å². The average molecular weight is 407 g/mol. The highest BCUT2D eigenvalue weighted by atomic mass is 16.5. The fourth-order valence-corrected chi connectivity index (χ4v) is 3.49. The molecule has 0 bridgehead atoms.